The summed E-state index contributed by atoms with van der Waals surface area (Å²) in [6.45, 7) is 4.19. The molecule has 0 radical (unpaired) electrons. The minimum absolute atomic E-state index is 0.103. The van der Waals surface area contributed by atoms with Crippen molar-refractivity contribution in [2.24, 2.45) is 0 Å². The first-order valence-electron chi connectivity index (χ1n) is 6.51. The molecule has 0 aliphatic carbocycles. The van der Waals surface area contributed by atoms with Gasteiger partial charge in [-0.15, -0.1) is 0 Å². The van der Waals surface area contributed by atoms with Crippen LogP contribution in [0.15, 0.2) is 48.5 Å². The van der Waals surface area contributed by atoms with E-state index in [9.17, 15) is 4.79 Å². The highest BCUT2D eigenvalue weighted by atomic mass is 16.5. The zero-order chi connectivity index (χ0) is 13.7. The summed E-state index contributed by atoms with van der Waals surface area (Å²) in [6.07, 6.45) is 0.831. The first kappa shape index (κ1) is 13.3. The Bertz CT molecular complexity index is 559. The van der Waals surface area contributed by atoms with Crippen molar-refractivity contribution in [3.8, 4) is 5.75 Å². The van der Waals surface area contributed by atoms with Crippen LogP contribution in [0.25, 0.3) is 0 Å². The molecule has 2 aromatic rings. The van der Waals surface area contributed by atoms with Crippen LogP contribution in [-0.4, -0.2) is 5.78 Å². The molecular formula is C17H18O2. The van der Waals surface area contributed by atoms with E-state index in [2.05, 4.69) is 0 Å². The Morgan fingerprint density at radius 3 is 2.47 bits per heavy atom. The van der Waals surface area contributed by atoms with Gasteiger partial charge in [-0.2, -0.15) is 0 Å². The highest BCUT2D eigenvalue weighted by molar-refractivity contribution is 5.95. The van der Waals surface area contributed by atoms with E-state index in [1.54, 1.807) is 6.92 Å². The average Bonchev–Trinajstić information content (AvgIpc) is 2.45. The summed E-state index contributed by atoms with van der Waals surface area (Å²) in [7, 11) is 0. The minimum Gasteiger partial charge on any atom is -0.489 e. The van der Waals surface area contributed by atoms with Crippen molar-refractivity contribution in [3.63, 3.8) is 0 Å². The summed E-state index contributed by atoms with van der Waals surface area (Å²) < 4.78 is 5.76. The predicted octanol–water partition coefficient (Wildman–Crippen LogP) is 4.03. The average molecular weight is 254 g/mol. The quantitative estimate of drug-likeness (QED) is 0.753. The van der Waals surface area contributed by atoms with Crippen LogP contribution in [0, 0.1) is 0 Å². The zero-order valence-electron chi connectivity index (χ0n) is 11.3. The standard InChI is InChI=1S/C17H18O2/c1-3-15-11-16(9-10-17(15)13(2)18)19-12-14-7-5-4-6-8-14/h4-11H,3,12H2,1-2H3. The van der Waals surface area contributed by atoms with E-state index < -0.39 is 0 Å². The van der Waals surface area contributed by atoms with Crippen molar-refractivity contribution in [2.75, 3.05) is 0 Å². The summed E-state index contributed by atoms with van der Waals surface area (Å²) in [6, 6.07) is 15.7. The maximum absolute atomic E-state index is 11.5. The maximum Gasteiger partial charge on any atom is 0.160 e. The van der Waals surface area contributed by atoms with Gasteiger partial charge in [0.2, 0.25) is 0 Å². The van der Waals surface area contributed by atoms with Gasteiger partial charge in [0.05, 0.1) is 0 Å². The van der Waals surface area contributed by atoms with Gasteiger partial charge in [0.15, 0.2) is 5.78 Å². The maximum atomic E-state index is 11.5. The van der Waals surface area contributed by atoms with Crippen molar-refractivity contribution in [1.82, 2.24) is 0 Å². The number of hydrogen-bond donors (Lipinski definition) is 0. The summed E-state index contributed by atoms with van der Waals surface area (Å²) in [5.41, 5.74) is 2.96. The lowest BCUT2D eigenvalue weighted by Crippen LogP contribution is -2.01. The topological polar surface area (TPSA) is 26.3 Å². The molecule has 0 unspecified atom stereocenters. The highest BCUT2D eigenvalue weighted by Gasteiger charge is 2.07. The Hall–Kier alpha value is -2.09. The molecule has 2 heteroatoms. The van der Waals surface area contributed by atoms with Crippen LogP contribution in [0.3, 0.4) is 0 Å². The van der Waals surface area contributed by atoms with E-state index in [1.165, 1.54) is 0 Å². The molecule has 0 aliphatic heterocycles. The number of ketones is 1. The molecule has 98 valence electrons. The van der Waals surface area contributed by atoms with Crippen molar-refractivity contribution < 1.29 is 9.53 Å². The van der Waals surface area contributed by atoms with Crippen molar-refractivity contribution >= 4 is 5.78 Å². The minimum atomic E-state index is 0.103. The predicted molar refractivity (Wildman–Crippen MR) is 76.6 cm³/mol. The van der Waals surface area contributed by atoms with E-state index in [1.807, 2.05) is 55.5 Å². The molecule has 0 saturated heterocycles. The summed E-state index contributed by atoms with van der Waals surface area (Å²) in [5, 5.41) is 0. The van der Waals surface area contributed by atoms with Crippen LogP contribution in [0.5, 0.6) is 5.75 Å². The third-order valence-electron chi connectivity index (χ3n) is 3.09. The number of benzene rings is 2. The van der Waals surface area contributed by atoms with Crippen molar-refractivity contribution in [1.29, 1.82) is 0 Å². The molecular weight excluding hydrogens is 236 g/mol. The summed E-state index contributed by atoms with van der Waals surface area (Å²) >= 11 is 0. The molecule has 19 heavy (non-hydrogen) atoms. The van der Waals surface area contributed by atoms with E-state index in [0.717, 1.165) is 28.9 Å². The Labute approximate surface area is 114 Å². The monoisotopic (exact) mass is 254 g/mol. The van der Waals surface area contributed by atoms with Gasteiger partial charge in [-0.05, 0) is 42.7 Å². The summed E-state index contributed by atoms with van der Waals surface area (Å²) in [4.78, 5) is 11.5. The Balaban J connectivity index is 2.11. The zero-order valence-corrected chi connectivity index (χ0v) is 11.3. The second-order valence-electron chi connectivity index (χ2n) is 4.50. The smallest absolute Gasteiger partial charge is 0.160 e. The van der Waals surface area contributed by atoms with Crippen LogP contribution in [0.4, 0.5) is 0 Å². The van der Waals surface area contributed by atoms with Gasteiger partial charge in [0.1, 0.15) is 12.4 Å². The fraction of sp³-hybridized carbons (Fsp3) is 0.235. The number of hydrogen-bond acceptors (Lipinski definition) is 2. The third-order valence-corrected chi connectivity index (χ3v) is 3.09. The number of Topliss-reactive ketones (excluding diaryl/α,β-unsaturated/α-hetero) is 1. The Kier molecular flexibility index (Phi) is 4.35. The number of ether oxygens (including phenoxy) is 1. The van der Waals surface area contributed by atoms with Crippen molar-refractivity contribution in [3.05, 3.63) is 65.2 Å². The highest BCUT2D eigenvalue weighted by Crippen LogP contribution is 2.20. The fourth-order valence-corrected chi connectivity index (χ4v) is 2.04. The Morgan fingerprint density at radius 1 is 1.11 bits per heavy atom. The second-order valence-corrected chi connectivity index (χ2v) is 4.50. The van der Waals surface area contributed by atoms with Gasteiger partial charge < -0.3 is 4.74 Å². The van der Waals surface area contributed by atoms with E-state index in [-0.39, 0.29) is 5.78 Å². The largest absolute Gasteiger partial charge is 0.489 e. The van der Waals surface area contributed by atoms with Crippen LogP contribution in [0.2, 0.25) is 0 Å². The van der Waals surface area contributed by atoms with E-state index >= 15 is 0 Å². The molecule has 0 amide bonds. The van der Waals surface area contributed by atoms with E-state index in [0.29, 0.717) is 6.61 Å². The molecule has 0 saturated carbocycles. The summed E-state index contributed by atoms with van der Waals surface area (Å²) in [5.74, 6) is 0.914. The van der Waals surface area contributed by atoms with Crippen LogP contribution < -0.4 is 4.74 Å². The number of carbonyl (C=O) groups is 1. The first-order chi connectivity index (χ1) is 9.20. The van der Waals surface area contributed by atoms with Gasteiger partial charge in [-0.25, -0.2) is 0 Å². The van der Waals surface area contributed by atoms with E-state index in [4.69, 9.17) is 4.74 Å². The SMILES string of the molecule is CCc1cc(OCc2ccccc2)ccc1C(C)=O. The molecule has 2 rings (SSSR count). The molecule has 0 fully saturated rings. The molecule has 0 atom stereocenters. The number of rotatable bonds is 5. The van der Waals surface area contributed by atoms with Crippen LogP contribution in [0.1, 0.15) is 35.3 Å². The Morgan fingerprint density at radius 2 is 1.84 bits per heavy atom. The van der Waals surface area contributed by atoms with Gasteiger partial charge in [0.25, 0.3) is 0 Å². The molecule has 2 aromatic carbocycles. The molecule has 0 spiro atoms. The van der Waals surface area contributed by atoms with Crippen LogP contribution in [-0.2, 0) is 13.0 Å². The lowest BCUT2D eigenvalue weighted by molar-refractivity contribution is 0.101. The van der Waals surface area contributed by atoms with Gasteiger partial charge in [-0.3, -0.25) is 4.79 Å². The number of aryl methyl sites for hydroxylation is 1. The van der Waals surface area contributed by atoms with Gasteiger partial charge in [-0.1, -0.05) is 37.3 Å². The lowest BCUT2D eigenvalue weighted by Gasteiger charge is -2.10. The van der Waals surface area contributed by atoms with Crippen molar-refractivity contribution in [2.45, 2.75) is 26.9 Å². The normalized spacial score (nSPS) is 10.2. The van der Waals surface area contributed by atoms with Gasteiger partial charge in [0, 0.05) is 5.56 Å². The third kappa shape index (κ3) is 3.44. The molecule has 2 nitrogen and oxygen atoms in total. The molecule has 0 heterocycles. The second kappa shape index (κ2) is 6.19. The van der Waals surface area contributed by atoms with Crippen LogP contribution >= 0.6 is 0 Å². The first-order valence-corrected chi connectivity index (χ1v) is 6.51. The lowest BCUT2D eigenvalue weighted by atomic mass is 10.0. The number of carbonyl (C=O) groups excluding carboxylic acids is 1. The molecule has 0 bridgehead atoms. The fourth-order valence-electron chi connectivity index (χ4n) is 2.04. The molecule has 0 aliphatic rings. The van der Waals surface area contributed by atoms with Gasteiger partial charge >= 0.3 is 0 Å². The molecule has 0 N–H and O–H groups in total. The molecule has 0 aromatic heterocycles.